The van der Waals surface area contributed by atoms with Gasteiger partial charge >= 0.3 is 6.09 Å². The van der Waals surface area contributed by atoms with Crippen molar-refractivity contribution in [3.8, 4) is 0 Å². The molecule has 1 unspecified atom stereocenters. The molecule has 2 heterocycles. The third kappa shape index (κ3) is 2.46. The SMILES string of the molecule is CC(C(=O)N1CC2(CN(C)C(=O)O2)C1)c1cccc(Cl)c1. The van der Waals surface area contributed by atoms with E-state index >= 15 is 0 Å². The van der Waals surface area contributed by atoms with E-state index in [9.17, 15) is 9.59 Å². The maximum Gasteiger partial charge on any atom is 0.410 e. The molecular formula is C15H17ClN2O3. The zero-order chi connectivity index (χ0) is 15.2. The Balaban J connectivity index is 1.64. The average molecular weight is 309 g/mol. The molecule has 3 rings (SSSR count). The summed E-state index contributed by atoms with van der Waals surface area (Å²) < 4.78 is 5.35. The molecule has 0 aliphatic carbocycles. The lowest BCUT2D eigenvalue weighted by atomic mass is 9.90. The van der Waals surface area contributed by atoms with Crippen molar-refractivity contribution >= 4 is 23.6 Å². The van der Waals surface area contributed by atoms with E-state index in [1.54, 1.807) is 22.9 Å². The van der Waals surface area contributed by atoms with Crippen molar-refractivity contribution in [2.24, 2.45) is 0 Å². The van der Waals surface area contributed by atoms with Gasteiger partial charge in [-0.1, -0.05) is 23.7 Å². The van der Waals surface area contributed by atoms with Gasteiger partial charge in [-0.25, -0.2) is 4.79 Å². The van der Waals surface area contributed by atoms with E-state index in [1.807, 2.05) is 25.1 Å². The molecule has 0 radical (unpaired) electrons. The summed E-state index contributed by atoms with van der Waals surface area (Å²) in [6, 6.07) is 7.33. The van der Waals surface area contributed by atoms with Crippen LogP contribution in [0.1, 0.15) is 18.4 Å². The predicted octanol–water partition coefficient (Wildman–Crippen LogP) is 2.11. The fourth-order valence-corrected chi connectivity index (χ4v) is 3.15. The van der Waals surface area contributed by atoms with Crippen LogP contribution in [0.4, 0.5) is 4.79 Å². The zero-order valence-electron chi connectivity index (χ0n) is 12.0. The van der Waals surface area contributed by atoms with Gasteiger partial charge in [0.1, 0.15) is 0 Å². The van der Waals surface area contributed by atoms with Gasteiger partial charge in [0, 0.05) is 12.1 Å². The molecular weight excluding hydrogens is 292 g/mol. The lowest BCUT2D eigenvalue weighted by molar-refractivity contribution is -0.151. The Bertz CT molecular complexity index is 598. The van der Waals surface area contributed by atoms with E-state index in [1.165, 1.54) is 0 Å². The van der Waals surface area contributed by atoms with Gasteiger partial charge < -0.3 is 14.5 Å². The lowest BCUT2D eigenvalue weighted by Gasteiger charge is -2.46. The van der Waals surface area contributed by atoms with E-state index in [-0.39, 0.29) is 17.9 Å². The molecule has 2 aliphatic heterocycles. The highest BCUT2D eigenvalue weighted by Gasteiger charge is 2.54. The second kappa shape index (κ2) is 4.91. The lowest BCUT2D eigenvalue weighted by Crippen LogP contribution is -2.65. The number of carbonyl (C=O) groups excluding carboxylic acids is 2. The molecule has 0 aromatic heterocycles. The molecule has 1 spiro atoms. The molecule has 0 bridgehead atoms. The van der Waals surface area contributed by atoms with Gasteiger partial charge in [0.15, 0.2) is 5.60 Å². The molecule has 2 fully saturated rings. The Hall–Kier alpha value is -1.75. The first kappa shape index (κ1) is 14.2. The number of carbonyl (C=O) groups is 2. The Morgan fingerprint density at radius 2 is 2.10 bits per heavy atom. The summed E-state index contributed by atoms with van der Waals surface area (Å²) >= 11 is 5.96. The van der Waals surface area contributed by atoms with Crippen molar-refractivity contribution in [2.75, 3.05) is 26.7 Å². The number of ether oxygens (including phenoxy) is 1. The van der Waals surface area contributed by atoms with Gasteiger partial charge in [0.25, 0.3) is 0 Å². The minimum absolute atomic E-state index is 0.0356. The molecule has 112 valence electrons. The minimum atomic E-state index is -0.504. The standard InChI is InChI=1S/C15H17ClN2O3/c1-10(11-4-3-5-12(16)6-11)13(19)18-8-15(9-18)7-17(2)14(20)21-15/h3-6,10H,7-9H2,1-2H3. The van der Waals surface area contributed by atoms with Crippen molar-refractivity contribution in [3.05, 3.63) is 34.9 Å². The maximum atomic E-state index is 12.5. The number of rotatable bonds is 2. The van der Waals surface area contributed by atoms with Crippen LogP contribution in [-0.4, -0.2) is 54.1 Å². The minimum Gasteiger partial charge on any atom is -0.437 e. The fraction of sp³-hybridized carbons (Fsp3) is 0.467. The van der Waals surface area contributed by atoms with Crippen molar-refractivity contribution in [1.82, 2.24) is 9.80 Å². The molecule has 0 N–H and O–H groups in total. The number of halogens is 1. The van der Waals surface area contributed by atoms with Crippen molar-refractivity contribution < 1.29 is 14.3 Å². The molecule has 6 heteroatoms. The van der Waals surface area contributed by atoms with Crippen LogP contribution < -0.4 is 0 Å². The van der Waals surface area contributed by atoms with E-state index in [0.717, 1.165) is 5.56 Å². The van der Waals surface area contributed by atoms with Crippen LogP contribution >= 0.6 is 11.6 Å². The number of nitrogens with zero attached hydrogens (tertiary/aromatic N) is 2. The predicted molar refractivity (Wildman–Crippen MR) is 78.3 cm³/mol. The quantitative estimate of drug-likeness (QED) is 0.841. The maximum absolute atomic E-state index is 12.5. The van der Waals surface area contributed by atoms with E-state index in [0.29, 0.717) is 24.7 Å². The summed E-state index contributed by atoms with van der Waals surface area (Å²) in [5.74, 6) is -0.218. The Morgan fingerprint density at radius 3 is 2.67 bits per heavy atom. The Labute approximate surface area is 128 Å². The molecule has 2 amide bonds. The summed E-state index contributed by atoms with van der Waals surface area (Å²) in [5.41, 5.74) is 0.393. The summed E-state index contributed by atoms with van der Waals surface area (Å²) in [5, 5.41) is 0.624. The normalized spacial score (nSPS) is 21.2. The van der Waals surface area contributed by atoms with Crippen molar-refractivity contribution in [2.45, 2.75) is 18.4 Å². The second-order valence-corrected chi connectivity index (χ2v) is 6.31. The molecule has 21 heavy (non-hydrogen) atoms. The summed E-state index contributed by atoms with van der Waals surface area (Å²) in [4.78, 5) is 27.2. The van der Waals surface area contributed by atoms with Crippen LogP contribution in [0.15, 0.2) is 24.3 Å². The van der Waals surface area contributed by atoms with Crippen molar-refractivity contribution in [3.63, 3.8) is 0 Å². The zero-order valence-corrected chi connectivity index (χ0v) is 12.8. The summed E-state index contributed by atoms with van der Waals surface area (Å²) in [7, 11) is 1.70. The first-order chi connectivity index (χ1) is 9.90. The van der Waals surface area contributed by atoms with Crippen LogP contribution in [0.25, 0.3) is 0 Å². The highest BCUT2D eigenvalue weighted by Crippen LogP contribution is 2.34. The number of benzene rings is 1. The number of likely N-dealkylation sites (N-methyl/N-ethyl adjacent to an activating group) is 1. The van der Waals surface area contributed by atoms with Gasteiger partial charge in [0.2, 0.25) is 5.91 Å². The summed E-state index contributed by atoms with van der Waals surface area (Å²) in [6.45, 7) is 3.34. The largest absolute Gasteiger partial charge is 0.437 e. The monoisotopic (exact) mass is 308 g/mol. The smallest absolute Gasteiger partial charge is 0.410 e. The molecule has 0 saturated carbocycles. The van der Waals surface area contributed by atoms with Gasteiger partial charge in [-0.3, -0.25) is 4.79 Å². The molecule has 2 saturated heterocycles. The third-order valence-electron chi connectivity index (χ3n) is 4.13. The fourth-order valence-electron chi connectivity index (χ4n) is 2.95. The van der Waals surface area contributed by atoms with Crippen LogP contribution in [0, 0.1) is 0 Å². The highest BCUT2D eigenvalue weighted by molar-refractivity contribution is 6.30. The number of likely N-dealkylation sites (tertiary alicyclic amines) is 1. The molecule has 1 atom stereocenters. The highest BCUT2D eigenvalue weighted by atomic mass is 35.5. The topological polar surface area (TPSA) is 49.9 Å². The second-order valence-electron chi connectivity index (χ2n) is 5.88. The van der Waals surface area contributed by atoms with E-state index < -0.39 is 5.60 Å². The number of amides is 2. The number of hydrogen-bond acceptors (Lipinski definition) is 3. The van der Waals surface area contributed by atoms with E-state index in [2.05, 4.69) is 0 Å². The number of hydrogen-bond donors (Lipinski definition) is 0. The van der Waals surface area contributed by atoms with Gasteiger partial charge in [-0.15, -0.1) is 0 Å². The van der Waals surface area contributed by atoms with Crippen LogP contribution in [0.3, 0.4) is 0 Å². The van der Waals surface area contributed by atoms with Gasteiger partial charge in [-0.2, -0.15) is 0 Å². The van der Waals surface area contributed by atoms with Crippen molar-refractivity contribution in [1.29, 1.82) is 0 Å². The molecule has 5 nitrogen and oxygen atoms in total. The third-order valence-corrected chi connectivity index (χ3v) is 4.36. The Morgan fingerprint density at radius 1 is 1.38 bits per heavy atom. The van der Waals surface area contributed by atoms with E-state index in [4.69, 9.17) is 16.3 Å². The summed E-state index contributed by atoms with van der Waals surface area (Å²) in [6.07, 6.45) is -0.315. The van der Waals surface area contributed by atoms with Gasteiger partial charge in [-0.05, 0) is 24.6 Å². The first-order valence-electron chi connectivity index (χ1n) is 6.89. The first-order valence-corrected chi connectivity index (χ1v) is 7.26. The van der Waals surface area contributed by atoms with Crippen LogP contribution in [-0.2, 0) is 9.53 Å². The molecule has 1 aromatic carbocycles. The molecule has 1 aromatic rings. The van der Waals surface area contributed by atoms with Crippen LogP contribution in [0.2, 0.25) is 5.02 Å². The molecule has 2 aliphatic rings. The average Bonchev–Trinajstić information content (AvgIpc) is 2.71. The van der Waals surface area contributed by atoms with Crippen LogP contribution in [0.5, 0.6) is 0 Å². The van der Waals surface area contributed by atoms with Gasteiger partial charge in [0.05, 0.1) is 25.6 Å². The Kier molecular flexibility index (Phi) is 3.32.